The van der Waals surface area contributed by atoms with E-state index in [1.54, 1.807) is 43.5 Å². The molecule has 1 aromatic heterocycles. The third kappa shape index (κ3) is 8.46. The van der Waals surface area contributed by atoms with Crippen molar-refractivity contribution < 1.29 is 19.1 Å². The number of anilines is 2. The summed E-state index contributed by atoms with van der Waals surface area (Å²) in [6.45, 7) is 1.95. The number of aromatic nitrogens is 1. The highest BCUT2D eigenvalue weighted by molar-refractivity contribution is 8.00. The molecule has 0 aliphatic heterocycles. The summed E-state index contributed by atoms with van der Waals surface area (Å²) >= 11 is 2.76. The average Bonchev–Trinajstić information content (AvgIpc) is 3.62. The zero-order valence-electron chi connectivity index (χ0n) is 27.4. The number of methoxy groups -OCH3 is 1. The maximum Gasteiger partial charge on any atom is 0.272 e. The van der Waals surface area contributed by atoms with Gasteiger partial charge in [0.2, 0.25) is 5.91 Å². The summed E-state index contributed by atoms with van der Waals surface area (Å²) < 4.78 is 5.32. The van der Waals surface area contributed by atoms with Crippen LogP contribution in [0.1, 0.15) is 29.3 Å². The van der Waals surface area contributed by atoms with E-state index in [1.807, 2.05) is 103 Å². The number of amides is 3. The van der Waals surface area contributed by atoms with E-state index in [9.17, 15) is 14.4 Å². The molecular weight excluding hydrogens is 665 g/mol. The van der Waals surface area contributed by atoms with E-state index in [2.05, 4.69) is 20.9 Å². The monoisotopic (exact) mass is 698 g/mol. The molecule has 6 rings (SSSR count). The molecule has 1 atom stereocenters. The molecule has 0 spiro atoms. The van der Waals surface area contributed by atoms with E-state index in [0.29, 0.717) is 22.8 Å². The van der Waals surface area contributed by atoms with Crippen LogP contribution < -0.4 is 20.7 Å². The Morgan fingerprint density at radius 2 is 1.62 bits per heavy atom. The molecule has 6 aromatic rings. The maximum absolute atomic E-state index is 13.8. The fraction of sp³-hybridized carbons (Fsp3) is 0.100. The molecule has 3 N–H and O–H groups in total. The lowest BCUT2D eigenvalue weighted by Crippen LogP contribution is -2.30. The Morgan fingerprint density at radius 1 is 0.860 bits per heavy atom. The van der Waals surface area contributed by atoms with Crippen LogP contribution in [0.15, 0.2) is 137 Å². The van der Waals surface area contributed by atoms with Gasteiger partial charge in [0, 0.05) is 27.1 Å². The first kappa shape index (κ1) is 34.2. The van der Waals surface area contributed by atoms with Gasteiger partial charge in [-0.25, -0.2) is 4.98 Å². The lowest BCUT2D eigenvalue weighted by molar-refractivity contribution is -0.116. The van der Waals surface area contributed by atoms with Crippen LogP contribution in [0, 0.1) is 0 Å². The third-order valence-corrected chi connectivity index (χ3v) is 9.90. The van der Waals surface area contributed by atoms with Crippen LogP contribution in [0.5, 0.6) is 5.75 Å². The number of benzene rings is 5. The van der Waals surface area contributed by atoms with Gasteiger partial charge in [-0.3, -0.25) is 14.4 Å². The first-order valence-electron chi connectivity index (χ1n) is 15.9. The van der Waals surface area contributed by atoms with Crippen LogP contribution >= 0.6 is 23.1 Å². The van der Waals surface area contributed by atoms with Crippen molar-refractivity contribution in [2.75, 3.05) is 17.7 Å². The highest BCUT2D eigenvalue weighted by Crippen LogP contribution is 2.31. The van der Waals surface area contributed by atoms with Crippen LogP contribution in [0.25, 0.3) is 28.1 Å². The van der Waals surface area contributed by atoms with Crippen molar-refractivity contribution in [2.24, 2.45) is 0 Å². The predicted octanol–water partition coefficient (Wildman–Crippen LogP) is 8.89. The first-order chi connectivity index (χ1) is 24.4. The van der Waals surface area contributed by atoms with Crippen molar-refractivity contribution in [3.63, 3.8) is 0 Å². The Bertz CT molecular complexity index is 2180. The van der Waals surface area contributed by atoms with Gasteiger partial charge in [0.05, 0.1) is 18.1 Å². The number of hydrogen-bond acceptors (Lipinski definition) is 7. The molecule has 10 heteroatoms. The van der Waals surface area contributed by atoms with Crippen molar-refractivity contribution >= 4 is 68.5 Å². The van der Waals surface area contributed by atoms with Gasteiger partial charge in [0.1, 0.15) is 11.4 Å². The van der Waals surface area contributed by atoms with Gasteiger partial charge in [0.15, 0.2) is 5.13 Å². The van der Waals surface area contributed by atoms with Crippen molar-refractivity contribution in [1.29, 1.82) is 0 Å². The van der Waals surface area contributed by atoms with Crippen LogP contribution in [-0.2, 0) is 9.59 Å². The number of carbonyl (C=O) groups is 3. The van der Waals surface area contributed by atoms with Gasteiger partial charge in [-0.1, -0.05) is 85.8 Å². The van der Waals surface area contributed by atoms with Gasteiger partial charge >= 0.3 is 0 Å². The molecule has 0 saturated carbocycles. The maximum atomic E-state index is 13.8. The summed E-state index contributed by atoms with van der Waals surface area (Å²) in [6, 6.07) is 37.3. The number of ether oxygens (including phenoxy) is 1. The molecule has 50 heavy (non-hydrogen) atoms. The number of nitrogens with zero attached hydrogens (tertiary/aromatic N) is 1. The lowest BCUT2D eigenvalue weighted by Gasteiger charge is -2.15. The van der Waals surface area contributed by atoms with Crippen molar-refractivity contribution in [2.45, 2.75) is 23.5 Å². The third-order valence-electron chi connectivity index (χ3n) is 7.79. The molecule has 5 aromatic carbocycles. The number of carbonyl (C=O) groups excluding carboxylic acids is 3. The minimum absolute atomic E-state index is 0.0934. The van der Waals surface area contributed by atoms with E-state index in [-0.39, 0.29) is 11.6 Å². The molecule has 0 aliphatic rings. The van der Waals surface area contributed by atoms with Crippen molar-refractivity contribution in [3.8, 4) is 17.0 Å². The Labute approximate surface area is 298 Å². The van der Waals surface area contributed by atoms with E-state index in [4.69, 9.17) is 4.74 Å². The van der Waals surface area contributed by atoms with Crippen LogP contribution in [-0.4, -0.2) is 35.1 Å². The Balaban J connectivity index is 1.17. The number of thiazole rings is 1. The Hall–Kier alpha value is -5.71. The van der Waals surface area contributed by atoms with Crippen LogP contribution in [0.3, 0.4) is 0 Å². The molecule has 3 amide bonds. The quantitative estimate of drug-likeness (QED) is 0.0870. The summed E-state index contributed by atoms with van der Waals surface area (Å²) in [5.74, 6) is -0.313. The standard InChI is InChI=1S/C40H34N4O4S2/c1-3-36(39(47)44-40-43-35(25-49-40)29-17-10-19-31(22-29)48-2)50-32-20-11-18-30(24-32)41-38(46)34(42-37(45)27-13-5-4-6-14-27)23-28-16-9-15-26-12-7-8-21-33(26)28/h4-25,36H,3H2,1-2H3,(H,41,46)(H,42,45)(H,43,44,47)/b34-23+. The second kappa shape index (κ2) is 16.1. The zero-order valence-corrected chi connectivity index (χ0v) is 29.0. The number of thioether (sulfide) groups is 1. The van der Waals surface area contributed by atoms with Crippen molar-refractivity contribution in [1.82, 2.24) is 10.3 Å². The highest BCUT2D eigenvalue weighted by atomic mass is 32.2. The van der Waals surface area contributed by atoms with E-state index >= 15 is 0 Å². The Morgan fingerprint density at radius 3 is 2.44 bits per heavy atom. The minimum atomic E-state index is -0.482. The van der Waals surface area contributed by atoms with Crippen LogP contribution in [0.4, 0.5) is 10.8 Å². The summed E-state index contributed by atoms with van der Waals surface area (Å²) in [5, 5.41) is 12.7. The molecule has 0 radical (unpaired) electrons. The Kier molecular flexibility index (Phi) is 11.0. The number of nitrogens with one attached hydrogen (secondary N) is 3. The molecular formula is C40H34N4O4S2. The minimum Gasteiger partial charge on any atom is -0.497 e. The lowest BCUT2D eigenvalue weighted by atomic mass is 10.0. The number of hydrogen-bond donors (Lipinski definition) is 3. The van der Waals surface area contributed by atoms with E-state index in [1.165, 1.54) is 23.1 Å². The van der Waals surface area contributed by atoms with Gasteiger partial charge in [-0.05, 0) is 71.3 Å². The number of fused-ring (bicyclic) bond motifs is 1. The van der Waals surface area contributed by atoms with Gasteiger partial charge < -0.3 is 20.7 Å². The van der Waals surface area contributed by atoms with E-state index in [0.717, 1.165) is 38.2 Å². The first-order valence-corrected chi connectivity index (χ1v) is 17.7. The van der Waals surface area contributed by atoms with Gasteiger partial charge in [-0.2, -0.15) is 0 Å². The summed E-state index contributed by atoms with van der Waals surface area (Å²) in [4.78, 5) is 45.7. The molecule has 0 aliphatic carbocycles. The molecule has 250 valence electrons. The molecule has 1 unspecified atom stereocenters. The zero-order chi connectivity index (χ0) is 34.9. The topological polar surface area (TPSA) is 109 Å². The smallest absolute Gasteiger partial charge is 0.272 e. The van der Waals surface area contributed by atoms with Crippen LogP contribution in [0.2, 0.25) is 0 Å². The molecule has 1 heterocycles. The predicted molar refractivity (Wildman–Crippen MR) is 204 cm³/mol. The summed E-state index contributed by atoms with van der Waals surface area (Å²) in [7, 11) is 1.62. The summed E-state index contributed by atoms with van der Waals surface area (Å²) in [6.07, 6.45) is 2.26. The second-order valence-corrected chi connectivity index (χ2v) is 13.3. The van der Waals surface area contributed by atoms with Crippen molar-refractivity contribution in [3.05, 3.63) is 144 Å². The van der Waals surface area contributed by atoms with Gasteiger partial charge in [0.25, 0.3) is 11.8 Å². The summed E-state index contributed by atoms with van der Waals surface area (Å²) in [5.41, 5.74) is 3.49. The number of rotatable bonds is 12. The average molecular weight is 699 g/mol. The second-order valence-electron chi connectivity index (χ2n) is 11.2. The molecule has 0 bridgehead atoms. The van der Waals surface area contributed by atoms with Gasteiger partial charge in [-0.15, -0.1) is 23.1 Å². The normalized spacial score (nSPS) is 11.8. The SMILES string of the molecule is CCC(Sc1cccc(NC(=O)/C(=C\c2cccc3ccccc23)NC(=O)c2ccccc2)c1)C(=O)Nc1nc(-c2cccc(OC)c2)cs1. The fourth-order valence-electron chi connectivity index (χ4n) is 5.24. The molecule has 8 nitrogen and oxygen atoms in total. The van der Waals surface area contributed by atoms with E-state index < -0.39 is 17.1 Å². The molecule has 0 saturated heterocycles. The molecule has 0 fully saturated rings. The highest BCUT2D eigenvalue weighted by Gasteiger charge is 2.21. The largest absolute Gasteiger partial charge is 0.497 e. The fourth-order valence-corrected chi connectivity index (χ4v) is 6.97.